The molecule has 3 rings (SSSR count). The first kappa shape index (κ1) is 15.5. The molecule has 23 heavy (non-hydrogen) atoms. The first-order chi connectivity index (χ1) is 11.2. The van der Waals surface area contributed by atoms with Crippen molar-refractivity contribution in [2.24, 2.45) is 0 Å². The second-order valence-electron chi connectivity index (χ2n) is 5.41. The summed E-state index contributed by atoms with van der Waals surface area (Å²) in [4.78, 5) is 4.05. The molecule has 0 bridgehead atoms. The highest BCUT2D eigenvalue weighted by Gasteiger charge is 2.00. The minimum atomic E-state index is -0.817. The molecule has 0 spiro atoms. The van der Waals surface area contributed by atoms with E-state index >= 15 is 0 Å². The van der Waals surface area contributed by atoms with Crippen LogP contribution in [0.4, 0.5) is 5.69 Å². The monoisotopic (exact) mass is 325 g/mol. The van der Waals surface area contributed by atoms with E-state index in [-0.39, 0.29) is 0 Å². The van der Waals surface area contributed by atoms with Crippen LogP contribution < -0.4 is 5.32 Å². The van der Waals surface area contributed by atoms with Crippen LogP contribution in [0.5, 0.6) is 0 Å². The van der Waals surface area contributed by atoms with E-state index in [0.717, 1.165) is 23.5 Å². The molecule has 0 amide bonds. The van der Waals surface area contributed by atoms with Crippen LogP contribution in [0.2, 0.25) is 0 Å². The van der Waals surface area contributed by atoms with E-state index in [1.807, 2.05) is 29.0 Å². The molecule has 0 aliphatic heterocycles. The van der Waals surface area contributed by atoms with Crippen molar-refractivity contribution in [2.75, 3.05) is 11.6 Å². The summed E-state index contributed by atoms with van der Waals surface area (Å²) in [6.45, 7) is 0.753. The molecule has 1 N–H and O–H groups in total. The van der Waals surface area contributed by atoms with E-state index in [2.05, 4.69) is 40.6 Å². The van der Waals surface area contributed by atoms with Gasteiger partial charge in [-0.15, -0.1) is 0 Å². The molecular weight excluding hydrogens is 306 g/mol. The second kappa shape index (κ2) is 7.24. The van der Waals surface area contributed by atoms with Crippen molar-refractivity contribution in [1.29, 1.82) is 0 Å². The summed E-state index contributed by atoms with van der Waals surface area (Å²) in [5, 5.41) is 3.41. The minimum Gasteiger partial charge on any atom is -0.381 e. The number of hydrogen-bond donors (Lipinski definition) is 1. The van der Waals surface area contributed by atoms with Crippen molar-refractivity contribution in [2.45, 2.75) is 12.3 Å². The average molecular weight is 325 g/mol. The van der Waals surface area contributed by atoms with E-state index in [0.29, 0.717) is 5.75 Å². The zero-order valence-corrected chi connectivity index (χ0v) is 13.8. The molecule has 118 valence electrons. The predicted molar refractivity (Wildman–Crippen MR) is 95.1 cm³/mol. The minimum absolute atomic E-state index is 0.592. The van der Waals surface area contributed by atoms with Gasteiger partial charge < -0.3 is 9.88 Å². The van der Waals surface area contributed by atoms with Crippen molar-refractivity contribution in [1.82, 2.24) is 9.55 Å². The smallest absolute Gasteiger partial charge is 0.0991 e. The van der Waals surface area contributed by atoms with Gasteiger partial charge >= 0.3 is 0 Å². The van der Waals surface area contributed by atoms with Crippen LogP contribution in [0.25, 0.3) is 5.69 Å². The van der Waals surface area contributed by atoms with E-state index in [9.17, 15) is 4.21 Å². The lowest BCUT2D eigenvalue weighted by molar-refractivity contribution is 0.686. The van der Waals surface area contributed by atoms with E-state index in [4.69, 9.17) is 0 Å². The van der Waals surface area contributed by atoms with E-state index in [1.54, 1.807) is 18.8 Å². The number of imidazole rings is 1. The quantitative estimate of drug-likeness (QED) is 0.756. The lowest BCUT2D eigenvalue weighted by Crippen LogP contribution is -2.01. The van der Waals surface area contributed by atoms with Crippen LogP contribution in [0.15, 0.2) is 67.3 Å². The highest BCUT2D eigenvalue weighted by molar-refractivity contribution is 7.83. The van der Waals surface area contributed by atoms with Gasteiger partial charge in [0.2, 0.25) is 0 Å². The average Bonchev–Trinajstić information content (AvgIpc) is 3.08. The standard InChI is InChI=1S/C18H19N3OS/c1-23(22)13-16-3-2-4-17(11-16)20-12-15-5-7-18(8-6-15)21-10-9-19-14-21/h2-11,14,20H,12-13H2,1H3. The van der Waals surface area contributed by atoms with Crippen molar-refractivity contribution < 1.29 is 4.21 Å². The summed E-state index contributed by atoms with van der Waals surface area (Å²) in [5.41, 5.74) is 4.44. The Kier molecular flexibility index (Phi) is 4.88. The highest BCUT2D eigenvalue weighted by Crippen LogP contribution is 2.15. The van der Waals surface area contributed by atoms with E-state index in [1.165, 1.54) is 5.56 Å². The summed E-state index contributed by atoms with van der Waals surface area (Å²) >= 11 is 0. The molecule has 1 unspecified atom stereocenters. The van der Waals surface area contributed by atoms with Gasteiger partial charge in [0.25, 0.3) is 0 Å². The Labute approximate surface area is 138 Å². The fraction of sp³-hybridized carbons (Fsp3) is 0.167. The largest absolute Gasteiger partial charge is 0.381 e. The Bertz CT molecular complexity index is 782. The first-order valence-corrected chi connectivity index (χ1v) is 9.13. The van der Waals surface area contributed by atoms with Crippen LogP contribution in [-0.4, -0.2) is 20.0 Å². The zero-order valence-electron chi connectivity index (χ0n) is 13.0. The van der Waals surface area contributed by atoms with Gasteiger partial charge in [-0.3, -0.25) is 4.21 Å². The summed E-state index contributed by atoms with van der Waals surface area (Å²) in [6, 6.07) is 16.5. The maximum absolute atomic E-state index is 11.3. The Balaban J connectivity index is 1.63. The third-order valence-electron chi connectivity index (χ3n) is 3.53. The molecule has 4 nitrogen and oxygen atoms in total. The first-order valence-electron chi connectivity index (χ1n) is 7.41. The molecule has 0 saturated heterocycles. The van der Waals surface area contributed by atoms with Gasteiger partial charge in [-0.1, -0.05) is 24.3 Å². The van der Waals surface area contributed by atoms with Gasteiger partial charge in [-0.25, -0.2) is 4.98 Å². The Morgan fingerprint density at radius 2 is 1.96 bits per heavy atom. The van der Waals surface area contributed by atoms with Gasteiger partial charge in [0.1, 0.15) is 0 Å². The molecule has 0 fully saturated rings. The van der Waals surface area contributed by atoms with Crippen molar-refractivity contribution in [3.63, 3.8) is 0 Å². The molecule has 1 aromatic heterocycles. The fourth-order valence-corrected chi connectivity index (χ4v) is 3.06. The van der Waals surface area contributed by atoms with Crippen LogP contribution >= 0.6 is 0 Å². The number of hydrogen-bond acceptors (Lipinski definition) is 3. The molecule has 0 saturated carbocycles. The fourth-order valence-electron chi connectivity index (χ4n) is 2.41. The van der Waals surface area contributed by atoms with E-state index < -0.39 is 10.8 Å². The molecule has 0 aliphatic rings. The summed E-state index contributed by atoms with van der Waals surface area (Å²) in [7, 11) is -0.817. The van der Waals surface area contributed by atoms with Crippen LogP contribution in [0, 0.1) is 0 Å². The number of benzene rings is 2. The molecule has 5 heteroatoms. The predicted octanol–water partition coefficient (Wildman–Crippen LogP) is 3.36. The lowest BCUT2D eigenvalue weighted by Gasteiger charge is -2.09. The summed E-state index contributed by atoms with van der Waals surface area (Å²) in [5.74, 6) is 0.592. The van der Waals surface area contributed by atoms with Gasteiger partial charge in [-0.05, 0) is 35.4 Å². The Morgan fingerprint density at radius 3 is 2.65 bits per heavy atom. The lowest BCUT2D eigenvalue weighted by atomic mass is 10.2. The van der Waals surface area contributed by atoms with Crippen molar-refractivity contribution >= 4 is 16.5 Å². The Morgan fingerprint density at radius 1 is 1.13 bits per heavy atom. The van der Waals surface area contributed by atoms with Gasteiger partial charge in [0.15, 0.2) is 0 Å². The summed E-state index contributed by atoms with van der Waals surface area (Å²) in [6.07, 6.45) is 7.21. The second-order valence-corrected chi connectivity index (χ2v) is 6.84. The number of nitrogens with one attached hydrogen (secondary N) is 1. The molecule has 1 heterocycles. The van der Waals surface area contributed by atoms with Crippen molar-refractivity contribution in [3.8, 4) is 5.69 Å². The SMILES string of the molecule is CS(=O)Cc1cccc(NCc2ccc(-n3ccnc3)cc2)c1. The molecule has 1 atom stereocenters. The third kappa shape index (κ3) is 4.29. The van der Waals surface area contributed by atoms with Gasteiger partial charge in [-0.2, -0.15) is 0 Å². The number of nitrogens with zero attached hydrogens (tertiary/aromatic N) is 2. The van der Waals surface area contributed by atoms with Gasteiger partial charge in [0.05, 0.1) is 6.33 Å². The third-order valence-corrected chi connectivity index (χ3v) is 4.27. The molecule has 3 aromatic rings. The molecule has 0 aliphatic carbocycles. The number of anilines is 1. The van der Waals surface area contributed by atoms with Crippen LogP contribution in [-0.2, 0) is 23.1 Å². The maximum atomic E-state index is 11.3. The highest BCUT2D eigenvalue weighted by atomic mass is 32.2. The molecule has 2 aromatic carbocycles. The van der Waals surface area contributed by atoms with Gasteiger partial charge in [0, 0.05) is 53.1 Å². The van der Waals surface area contributed by atoms with Crippen LogP contribution in [0.3, 0.4) is 0 Å². The molecular formula is C18H19N3OS. The topological polar surface area (TPSA) is 46.9 Å². The zero-order chi connectivity index (χ0) is 16.1. The molecule has 0 radical (unpaired) electrons. The van der Waals surface area contributed by atoms with Crippen LogP contribution in [0.1, 0.15) is 11.1 Å². The maximum Gasteiger partial charge on any atom is 0.0991 e. The van der Waals surface area contributed by atoms with Crippen molar-refractivity contribution in [3.05, 3.63) is 78.4 Å². The normalized spacial score (nSPS) is 12.0. The summed E-state index contributed by atoms with van der Waals surface area (Å²) < 4.78 is 13.3. The number of rotatable bonds is 6. The number of aromatic nitrogens is 2. The Hall–Kier alpha value is -2.40.